The molecule has 1 aromatic rings. The fraction of sp³-hybridized carbons (Fsp3) is 0.600. The van der Waals surface area contributed by atoms with Gasteiger partial charge in [-0.3, -0.25) is 5.32 Å². The number of nitrogens with one attached hydrogen (secondary N) is 1. The predicted octanol–water partition coefficient (Wildman–Crippen LogP) is 2.56. The van der Waals surface area contributed by atoms with Crippen LogP contribution in [-0.2, 0) is 0 Å². The second-order valence-corrected chi connectivity index (χ2v) is 4.83. The number of hydrogen-bond donors (Lipinski definition) is 1. The van der Waals surface area contributed by atoms with Crippen LogP contribution in [0.2, 0.25) is 0 Å². The molecule has 72 valence electrons. The molecule has 0 aliphatic carbocycles. The van der Waals surface area contributed by atoms with Crippen molar-refractivity contribution in [2.45, 2.75) is 19.2 Å². The van der Waals surface area contributed by atoms with Gasteiger partial charge in [-0.15, -0.1) is 11.8 Å². The van der Waals surface area contributed by atoms with Gasteiger partial charge in [0, 0.05) is 0 Å². The van der Waals surface area contributed by atoms with Crippen LogP contribution >= 0.6 is 11.8 Å². The fourth-order valence-electron chi connectivity index (χ4n) is 1.51. The predicted molar refractivity (Wildman–Crippen MR) is 55.8 cm³/mol. The summed E-state index contributed by atoms with van der Waals surface area (Å²) in [5.74, 6) is 3.09. The number of rotatable bonds is 1. The van der Waals surface area contributed by atoms with E-state index >= 15 is 0 Å². The van der Waals surface area contributed by atoms with Crippen LogP contribution in [0.15, 0.2) is 16.7 Å². The van der Waals surface area contributed by atoms with Crippen LogP contribution in [0.25, 0.3) is 0 Å². The van der Waals surface area contributed by atoms with Crippen LogP contribution in [0.1, 0.15) is 23.6 Å². The number of aryl methyl sites for hydroxylation is 1. The Hall–Kier alpha value is -0.410. The zero-order valence-corrected chi connectivity index (χ0v) is 8.86. The highest BCUT2D eigenvalue weighted by Crippen LogP contribution is 2.33. The highest BCUT2D eigenvalue weighted by Gasteiger charge is 2.22. The minimum atomic E-state index is 0.367. The molecule has 0 spiro atoms. The molecule has 0 aromatic carbocycles. The normalized spacial score (nSPS) is 29.1. The van der Waals surface area contributed by atoms with Crippen molar-refractivity contribution in [2.75, 3.05) is 12.3 Å². The Labute approximate surface area is 83.1 Å². The van der Waals surface area contributed by atoms with Gasteiger partial charge in [-0.1, -0.05) is 6.92 Å². The molecule has 2 heterocycles. The molecule has 0 amide bonds. The second-order valence-electron chi connectivity index (χ2n) is 3.69. The molecule has 1 N–H and O–H groups in total. The third-order valence-corrected chi connectivity index (χ3v) is 3.81. The molecule has 1 aromatic heterocycles. The molecule has 0 bridgehead atoms. The van der Waals surface area contributed by atoms with Crippen LogP contribution in [0.5, 0.6) is 0 Å². The molecule has 3 heteroatoms. The van der Waals surface area contributed by atoms with E-state index in [9.17, 15) is 0 Å². The van der Waals surface area contributed by atoms with Gasteiger partial charge >= 0.3 is 0 Å². The summed E-state index contributed by atoms with van der Waals surface area (Å²) in [5.41, 5.74) is 1.25. The standard InChI is InChI=1S/C10H15NOS/c1-7-5-11-10(13-6-7)9-8(2)3-4-12-9/h3-4,7,10-11H,5-6H2,1-2H3. The third kappa shape index (κ3) is 1.92. The number of thioether (sulfide) groups is 1. The van der Waals surface area contributed by atoms with E-state index in [1.807, 2.05) is 17.8 Å². The minimum absolute atomic E-state index is 0.367. The van der Waals surface area contributed by atoms with Crippen molar-refractivity contribution in [3.8, 4) is 0 Å². The van der Waals surface area contributed by atoms with Crippen molar-refractivity contribution in [3.05, 3.63) is 23.7 Å². The molecule has 1 aliphatic heterocycles. The Balaban J connectivity index is 2.06. The molecule has 13 heavy (non-hydrogen) atoms. The fourth-order valence-corrected chi connectivity index (χ4v) is 2.75. The molecular formula is C10H15NOS. The van der Waals surface area contributed by atoms with Gasteiger partial charge in [0.2, 0.25) is 0 Å². The van der Waals surface area contributed by atoms with Gasteiger partial charge in [0.25, 0.3) is 0 Å². The summed E-state index contributed by atoms with van der Waals surface area (Å²) in [6, 6.07) is 2.02. The summed E-state index contributed by atoms with van der Waals surface area (Å²) < 4.78 is 5.46. The lowest BCUT2D eigenvalue weighted by atomic mass is 10.2. The van der Waals surface area contributed by atoms with Crippen molar-refractivity contribution in [2.24, 2.45) is 5.92 Å². The van der Waals surface area contributed by atoms with Gasteiger partial charge in [-0.25, -0.2) is 0 Å². The summed E-state index contributed by atoms with van der Waals surface area (Å²) >= 11 is 1.94. The van der Waals surface area contributed by atoms with Gasteiger partial charge in [0.05, 0.1) is 6.26 Å². The van der Waals surface area contributed by atoms with Crippen LogP contribution in [-0.4, -0.2) is 12.3 Å². The molecule has 0 saturated carbocycles. The van der Waals surface area contributed by atoms with E-state index in [0.717, 1.165) is 18.2 Å². The first kappa shape index (κ1) is 9.16. The molecular weight excluding hydrogens is 182 g/mol. The van der Waals surface area contributed by atoms with E-state index in [1.54, 1.807) is 6.26 Å². The lowest BCUT2D eigenvalue weighted by Crippen LogP contribution is -2.31. The number of furan rings is 1. The zero-order valence-electron chi connectivity index (χ0n) is 8.04. The van der Waals surface area contributed by atoms with Crippen molar-refractivity contribution in [1.82, 2.24) is 5.32 Å². The molecule has 1 fully saturated rings. The van der Waals surface area contributed by atoms with Gasteiger partial charge in [-0.05, 0) is 36.8 Å². The first-order valence-electron chi connectivity index (χ1n) is 4.66. The topological polar surface area (TPSA) is 25.2 Å². The van der Waals surface area contributed by atoms with Crippen molar-refractivity contribution < 1.29 is 4.42 Å². The average molecular weight is 197 g/mol. The molecule has 2 unspecified atom stereocenters. The van der Waals surface area contributed by atoms with Gasteiger partial charge in [-0.2, -0.15) is 0 Å². The van der Waals surface area contributed by atoms with E-state index < -0.39 is 0 Å². The van der Waals surface area contributed by atoms with Crippen molar-refractivity contribution >= 4 is 11.8 Å². The Bertz CT molecular complexity index is 276. The summed E-state index contributed by atoms with van der Waals surface area (Å²) in [6.07, 6.45) is 1.77. The van der Waals surface area contributed by atoms with E-state index in [2.05, 4.69) is 19.2 Å². The molecule has 0 radical (unpaired) electrons. The van der Waals surface area contributed by atoms with Gasteiger partial charge in [0.1, 0.15) is 11.1 Å². The molecule has 1 saturated heterocycles. The molecule has 2 rings (SSSR count). The maximum Gasteiger partial charge on any atom is 0.133 e. The lowest BCUT2D eigenvalue weighted by Gasteiger charge is -2.26. The van der Waals surface area contributed by atoms with Crippen LogP contribution in [0, 0.1) is 12.8 Å². The average Bonchev–Trinajstić information content (AvgIpc) is 2.53. The lowest BCUT2D eigenvalue weighted by molar-refractivity contribution is 0.445. The van der Waals surface area contributed by atoms with Gasteiger partial charge < -0.3 is 4.42 Å². The largest absolute Gasteiger partial charge is 0.466 e. The smallest absolute Gasteiger partial charge is 0.133 e. The Kier molecular flexibility index (Phi) is 2.65. The van der Waals surface area contributed by atoms with Crippen LogP contribution in [0.3, 0.4) is 0 Å². The third-order valence-electron chi connectivity index (χ3n) is 2.34. The highest BCUT2D eigenvalue weighted by molar-refractivity contribution is 7.99. The van der Waals surface area contributed by atoms with E-state index in [0.29, 0.717) is 5.37 Å². The van der Waals surface area contributed by atoms with E-state index in [1.165, 1.54) is 11.3 Å². The zero-order chi connectivity index (χ0) is 9.26. The SMILES string of the molecule is Cc1ccoc1C1NCC(C)CS1. The summed E-state index contributed by atoms with van der Waals surface area (Å²) in [4.78, 5) is 0. The van der Waals surface area contributed by atoms with Crippen LogP contribution < -0.4 is 5.32 Å². The Morgan fingerprint density at radius 2 is 2.46 bits per heavy atom. The number of hydrogen-bond acceptors (Lipinski definition) is 3. The summed E-state index contributed by atoms with van der Waals surface area (Å²) in [6.45, 7) is 5.46. The minimum Gasteiger partial charge on any atom is -0.466 e. The first-order chi connectivity index (χ1) is 6.27. The van der Waals surface area contributed by atoms with Crippen molar-refractivity contribution in [1.29, 1.82) is 0 Å². The molecule has 2 nitrogen and oxygen atoms in total. The molecule has 2 atom stereocenters. The van der Waals surface area contributed by atoms with Crippen molar-refractivity contribution in [3.63, 3.8) is 0 Å². The van der Waals surface area contributed by atoms with Gasteiger partial charge in [0.15, 0.2) is 0 Å². The molecule has 1 aliphatic rings. The van der Waals surface area contributed by atoms with Crippen LogP contribution in [0.4, 0.5) is 0 Å². The quantitative estimate of drug-likeness (QED) is 0.749. The summed E-state index contributed by atoms with van der Waals surface area (Å²) in [5, 5.41) is 3.85. The second kappa shape index (κ2) is 3.76. The van der Waals surface area contributed by atoms with E-state index in [4.69, 9.17) is 4.42 Å². The summed E-state index contributed by atoms with van der Waals surface area (Å²) in [7, 11) is 0. The Morgan fingerprint density at radius 1 is 1.62 bits per heavy atom. The highest BCUT2D eigenvalue weighted by atomic mass is 32.2. The maximum atomic E-state index is 5.46. The van der Waals surface area contributed by atoms with E-state index in [-0.39, 0.29) is 0 Å². The maximum absolute atomic E-state index is 5.46. The first-order valence-corrected chi connectivity index (χ1v) is 5.71. The monoisotopic (exact) mass is 197 g/mol. The Morgan fingerprint density at radius 3 is 3.00 bits per heavy atom.